The molecule has 186 valence electrons. The van der Waals surface area contributed by atoms with E-state index in [0.29, 0.717) is 54.3 Å². The fraction of sp³-hybridized carbons (Fsp3) is 0.455. The summed E-state index contributed by atoms with van der Waals surface area (Å²) >= 11 is 12.4. The second-order valence-corrected chi connectivity index (χ2v) is 11.5. The van der Waals surface area contributed by atoms with Gasteiger partial charge in [-0.05, 0) is 17.7 Å². The number of carbonyl (C=O) groups is 1. The third kappa shape index (κ3) is 5.95. The van der Waals surface area contributed by atoms with Crippen LogP contribution in [0.4, 0.5) is 10.7 Å². The molecule has 10 nitrogen and oxygen atoms in total. The molecule has 0 aliphatic carbocycles. The average molecular weight is 538 g/mol. The van der Waals surface area contributed by atoms with Crippen LogP contribution in [-0.2, 0) is 10.0 Å². The minimum absolute atomic E-state index is 0.00286. The Hall–Kier alpha value is -2.65. The highest BCUT2D eigenvalue weighted by Crippen LogP contribution is 2.36. The summed E-state index contributed by atoms with van der Waals surface area (Å²) in [5, 5.41) is 13.1. The van der Waals surface area contributed by atoms with Crippen molar-refractivity contribution in [2.45, 2.75) is 5.92 Å². The van der Waals surface area contributed by atoms with Crippen molar-refractivity contribution in [1.82, 2.24) is 24.1 Å². The molecule has 2 amide bonds. The normalized spacial score (nSPS) is 21.1. The van der Waals surface area contributed by atoms with Crippen LogP contribution in [0.2, 0.25) is 10.0 Å². The lowest BCUT2D eigenvalue weighted by Gasteiger charge is -2.35. The summed E-state index contributed by atoms with van der Waals surface area (Å²) in [5.41, 5.74) is 1.35. The fourth-order valence-corrected chi connectivity index (χ4v) is 5.60. The number of hydrogen-bond acceptors (Lipinski definition) is 7. The summed E-state index contributed by atoms with van der Waals surface area (Å²) in [7, 11) is -3.27. The maximum absolute atomic E-state index is 13.3. The molecule has 2 aliphatic heterocycles. The highest BCUT2D eigenvalue weighted by molar-refractivity contribution is 7.88. The van der Waals surface area contributed by atoms with Crippen molar-refractivity contribution >= 4 is 45.2 Å². The Morgan fingerprint density at radius 3 is 2.40 bits per heavy atom. The molecule has 0 saturated carbocycles. The molecule has 2 fully saturated rings. The predicted molar refractivity (Wildman–Crippen MR) is 133 cm³/mol. The van der Waals surface area contributed by atoms with Crippen LogP contribution in [0.15, 0.2) is 30.6 Å². The Bertz CT molecular complexity index is 1230. The Balaban J connectivity index is 1.48. The highest BCUT2D eigenvalue weighted by atomic mass is 35.5. The van der Waals surface area contributed by atoms with E-state index >= 15 is 0 Å². The number of anilines is 1. The summed E-state index contributed by atoms with van der Waals surface area (Å²) in [6, 6.07) is 7.38. The van der Waals surface area contributed by atoms with Gasteiger partial charge in [-0.3, -0.25) is 0 Å². The van der Waals surface area contributed by atoms with E-state index in [0.717, 1.165) is 5.56 Å². The number of sulfonamides is 1. The van der Waals surface area contributed by atoms with Gasteiger partial charge in [0.05, 0.1) is 34.3 Å². The molecule has 1 aromatic carbocycles. The van der Waals surface area contributed by atoms with Crippen LogP contribution in [0.1, 0.15) is 17.0 Å². The molecule has 1 N–H and O–H groups in total. The molecular formula is C22H25Cl2N7O3S. The molecule has 0 bridgehead atoms. The van der Waals surface area contributed by atoms with Gasteiger partial charge in [0.15, 0.2) is 0 Å². The first-order valence-electron chi connectivity index (χ1n) is 11.1. The Labute approximate surface area is 214 Å². The summed E-state index contributed by atoms with van der Waals surface area (Å²) < 4.78 is 25.0. The van der Waals surface area contributed by atoms with Gasteiger partial charge in [-0.2, -0.15) is 9.57 Å². The number of aromatic nitrogens is 2. The smallest absolute Gasteiger partial charge is 0.320 e. The van der Waals surface area contributed by atoms with Crippen LogP contribution in [0.5, 0.6) is 0 Å². The summed E-state index contributed by atoms with van der Waals surface area (Å²) in [5.74, 6) is 0.434. The third-order valence-electron chi connectivity index (χ3n) is 6.36. The Kier molecular flexibility index (Phi) is 7.66. The maximum atomic E-state index is 13.3. The van der Waals surface area contributed by atoms with Crippen molar-refractivity contribution in [3.63, 3.8) is 0 Å². The SMILES string of the molecule is CS(=O)(=O)N1CCN(C(=O)N2CC(CNc3ncc(C#N)cn3)C(c3ccc(Cl)c(Cl)c3)C2)CC1. The summed E-state index contributed by atoms with van der Waals surface area (Å²) in [6.45, 7) is 2.76. The van der Waals surface area contributed by atoms with Crippen molar-refractivity contribution in [3.05, 3.63) is 51.8 Å². The first-order valence-corrected chi connectivity index (χ1v) is 13.7. The number of piperazine rings is 1. The second kappa shape index (κ2) is 10.5. The maximum Gasteiger partial charge on any atom is 0.320 e. The molecule has 3 heterocycles. The van der Waals surface area contributed by atoms with Gasteiger partial charge in [0.25, 0.3) is 0 Å². The van der Waals surface area contributed by atoms with Crippen LogP contribution in [0.25, 0.3) is 0 Å². The lowest BCUT2D eigenvalue weighted by atomic mass is 9.89. The standard InChI is InChI=1S/C22H25Cl2N7O3S/c1-35(33,34)31-6-4-29(5-7-31)22(32)30-13-17(12-28-21-26-10-15(9-25)11-27-21)18(14-30)16-2-3-19(23)20(24)8-16/h2-3,8,10-11,17-18H,4-7,12-14H2,1H3,(H,26,27,28). The van der Waals surface area contributed by atoms with Gasteiger partial charge in [0.2, 0.25) is 16.0 Å². The van der Waals surface area contributed by atoms with Gasteiger partial charge in [0, 0.05) is 57.6 Å². The molecule has 2 atom stereocenters. The lowest BCUT2D eigenvalue weighted by Crippen LogP contribution is -2.53. The second-order valence-electron chi connectivity index (χ2n) is 8.66. The number of nitrogens with zero attached hydrogens (tertiary/aromatic N) is 6. The molecule has 2 saturated heterocycles. The van der Waals surface area contributed by atoms with Crippen molar-refractivity contribution in [2.75, 3.05) is 57.4 Å². The van der Waals surface area contributed by atoms with E-state index in [1.54, 1.807) is 15.9 Å². The number of rotatable bonds is 5. The monoisotopic (exact) mass is 537 g/mol. The van der Waals surface area contributed by atoms with E-state index in [1.165, 1.54) is 23.0 Å². The van der Waals surface area contributed by atoms with Crippen LogP contribution >= 0.6 is 23.2 Å². The van der Waals surface area contributed by atoms with Gasteiger partial charge in [-0.15, -0.1) is 0 Å². The van der Waals surface area contributed by atoms with E-state index in [2.05, 4.69) is 15.3 Å². The molecule has 2 aromatic rings. The van der Waals surface area contributed by atoms with Crippen LogP contribution in [0, 0.1) is 17.2 Å². The largest absolute Gasteiger partial charge is 0.354 e. The summed E-state index contributed by atoms with van der Waals surface area (Å²) in [4.78, 5) is 25.1. The van der Waals surface area contributed by atoms with Crippen LogP contribution in [0.3, 0.4) is 0 Å². The van der Waals surface area contributed by atoms with E-state index in [1.807, 2.05) is 18.2 Å². The van der Waals surface area contributed by atoms with Crippen molar-refractivity contribution in [2.24, 2.45) is 5.92 Å². The van der Waals surface area contributed by atoms with Crippen molar-refractivity contribution in [1.29, 1.82) is 5.26 Å². The van der Waals surface area contributed by atoms with E-state index in [-0.39, 0.29) is 31.0 Å². The minimum Gasteiger partial charge on any atom is -0.354 e. The Morgan fingerprint density at radius 1 is 1.11 bits per heavy atom. The first kappa shape index (κ1) is 25.4. The zero-order valence-corrected chi connectivity index (χ0v) is 21.4. The molecule has 1 aromatic heterocycles. The number of halogens is 2. The zero-order valence-electron chi connectivity index (χ0n) is 19.1. The van der Waals surface area contributed by atoms with Crippen LogP contribution in [-0.4, -0.2) is 90.6 Å². The molecule has 4 rings (SSSR count). The van der Waals surface area contributed by atoms with Gasteiger partial charge >= 0.3 is 6.03 Å². The van der Waals surface area contributed by atoms with Crippen molar-refractivity contribution in [3.8, 4) is 6.07 Å². The fourth-order valence-electron chi connectivity index (χ4n) is 4.47. The number of carbonyl (C=O) groups excluding carboxylic acids is 1. The molecule has 2 aliphatic rings. The lowest BCUT2D eigenvalue weighted by molar-refractivity contribution is 0.141. The molecular weight excluding hydrogens is 513 g/mol. The van der Waals surface area contributed by atoms with Crippen LogP contribution < -0.4 is 5.32 Å². The molecule has 0 radical (unpaired) electrons. The molecule has 35 heavy (non-hydrogen) atoms. The molecule has 13 heteroatoms. The van der Waals surface area contributed by atoms with E-state index in [9.17, 15) is 13.2 Å². The van der Waals surface area contributed by atoms with E-state index in [4.69, 9.17) is 28.5 Å². The molecule has 0 spiro atoms. The van der Waals surface area contributed by atoms with Gasteiger partial charge in [-0.25, -0.2) is 23.2 Å². The number of nitriles is 1. The summed E-state index contributed by atoms with van der Waals surface area (Å²) in [6.07, 6.45) is 4.08. The quantitative estimate of drug-likeness (QED) is 0.621. The van der Waals surface area contributed by atoms with Crippen molar-refractivity contribution < 1.29 is 13.2 Å². The highest BCUT2D eigenvalue weighted by Gasteiger charge is 2.39. The minimum atomic E-state index is -3.27. The third-order valence-corrected chi connectivity index (χ3v) is 8.41. The first-order chi connectivity index (χ1) is 16.7. The average Bonchev–Trinajstić information content (AvgIpc) is 3.28. The van der Waals surface area contributed by atoms with E-state index < -0.39 is 10.0 Å². The van der Waals surface area contributed by atoms with Gasteiger partial charge < -0.3 is 15.1 Å². The number of benzene rings is 1. The zero-order chi connectivity index (χ0) is 25.2. The number of likely N-dealkylation sites (tertiary alicyclic amines) is 1. The Morgan fingerprint density at radius 2 is 1.80 bits per heavy atom. The predicted octanol–water partition coefficient (Wildman–Crippen LogP) is 2.48. The number of nitrogens with one attached hydrogen (secondary N) is 1. The number of urea groups is 1. The topological polar surface area (TPSA) is 123 Å². The molecule has 2 unspecified atom stereocenters. The number of hydrogen-bond donors (Lipinski definition) is 1. The van der Waals surface area contributed by atoms with Gasteiger partial charge in [-0.1, -0.05) is 29.3 Å². The number of amides is 2. The van der Waals surface area contributed by atoms with Gasteiger partial charge in [0.1, 0.15) is 6.07 Å².